The molecule has 4 aliphatic heterocycles. The van der Waals surface area contributed by atoms with Gasteiger partial charge in [0.15, 0.2) is 0 Å². The number of carbonyl (C=O) groups is 2. The van der Waals surface area contributed by atoms with Crippen molar-refractivity contribution in [3.63, 3.8) is 0 Å². The Bertz CT molecular complexity index is 501. The van der Waals surface area contributed by atoms with Gasteiger partial charge in [0.25, 0.3) is 0 Å². The summed E-state index contributed by atoms with van der Waals surface area (Å²) >= 11 is 0. The third-order valence-electron chi connectivity index (χ3n) is 5.36. The average Bonchev–Trinajstić information content (AvgIpc) is 3.01. The highest BCUT2D eigenvalue weighted by molar-refractivity contribution is 5.91. The van der Waals surface area contributed by atoms with Crippen LogP contribution in [0.15, 0.2) is 11.8 Å². The Morgan fingerprint density at radius 3 is 2.55 bits per heavy atom. The second kappa shape index (κ2) is 4.07. The number of carbonyl (C=O) groups excluding carboxylic acids is 2. The number of esters is 1. The Morgan fingerprint density at radius 2 is 1.95 bits per heavy atom. The van der Waals surface area contributed by atoms with Gasteiger partial charge >= 0.3 is 5.97 Å². The highest BCUT2D eigenvalue weighted by Crippen LogP contribution is 2.50. The fourth-order valence-electron chi connectivity index (χ4n) is 4.71. The van der Waals surface area contributed by atoms with Gasteiger partial charge in [0, 0.05) is 24.2 Å². The second-order valence-corrected chi connectivity index (χ2v) is 6.80. The van der Waals surface area contributed by atoms with E-state index in [1.54, 1.807) is 0 Å². The molecule has 2 bridgehead atoms. The summed E-state index contributed by atoms with van der Waals surface area (Å²) in [4.78, 5) is 26.1. The van der Waals surface area contributed by atoms with E-state index in [0.29, 0.717) is 12.1 Å². The molecule has 0 radical (unpaired) electrons. The molecule has 5 nitrogen and oxygen atoms in total. The number of likely N-dealkylation sites (tertiary alicyclic amines) is 1. The molecule has 1 unspecified atom stereocenters. The number of nitrogens with one attached hydrogen (secondary N) is 1. The van der Waals surface area contributed by atoms with E-state index < -0.39 is 0 Å². The second-order valence-electron chi connectivity index (χ2n) is 6.80. The van der Waals surface area contributed by atoms with Crippen LogP contribution in [0.4, 0.5) is 0 Å². The van der Waals surface area contributed by atoms with E-state index in [-0.39, 0.29) is 29.9 Å². The lowest BCUT2D eigenvalue weighted by atomic mass is 9.73. The van der Waals surface area contributed by atoms with Crippen molar-refractivity contribution in [2.45, 2.75) is 57.2 Å². The number of cyclic esters (lactones) is 1. The molecule has 5 heteroatoms. The smallest absolute Gasteiger partial charge is 0.333 e. The molecule has 108 valence electrons. The van der Waals surface area contributed by atoms with Crippen molar-refractivity contribution in [3.8, 4) is 0 Å². The zero-order valence-electron chi connectivity index (χ0n) is 11.7. The molecule has 1 amide bonds. The minimum Gasteiger partial charge on any atom is -0.456 e. The third-order valence-corrected chi connectivity index (χ3v) is 5.36. The van der Waals surface area contributed by atoms with Crippen molar-refractivity contribution in [3.05, 3.63) is 11.8 Å². The van der Waals surface area contributed by atoms with E-state index in [4.69, 9.17) is 4.74 Å². The Hall–Kier alpha value is -1.36. The van der Waals surface area contributed by atoms with Gasteiger partial charge < -0.3 is 15.0 Å². The summed E-state index contributed by atoms with van der Waals surface area (Å²) in [6.07, 6.45) is 6.67. The van der Waals surface area contributed by atoms with Gasteiger partial charge in [-0.1, -0.05) is 0 Å². The first-order valence-corrected chi connectivity index (χ1v) is 7.54. The van der Waals surface area contributed by atoms with Crippen molar-refractivity contribution in [2.24, 2.45) is 5.41 Å². The molecule has 0 aromatic heterocycles. The molecule has 4 heterocycles. The molecule has 4 atom stereocenters. The minimum atomic E-state index is -0.327. The largest absolute Gasteiger partial charge is 0.456 e. The maximum Gasteiger partial charge on any atom is 0.333 e. The van der Waals surface area contributed by atoms with Crippen molar-refractivity contribution in [1.82, 2.24) is 10.2 Å². The van der Waals surface area contributed by atoms with Gasteiger partial charge in [-0.15, -0.1) is 0 Å². The number of hydrogen-bond acceptors (Lipinski definition) is 4. The van der Waals surface area contributed by atoms with E-state index in [1.807, 2.05) is 4.90 Å². The number of amides is 1. The lowest BCUT2D eigenvalue weighted by Crippen LogP contribution is -2.48. The van der Waals surface area contributed by atoms with Gasteiger partial charge in [-0.25, -0.2) is 4.79 Å². The molecule has 4 rings (SSSR count). The zero-order valence-corrected chi connectivity index (χ0v) is 11.7. The predicted molar refractivity (Wildman–Crippen MR) is 71.6 cm³/mol. The fraction of sp³-hybridized carbons (Fsp3) is 0.733. The number of rotatable bonds is 1. The van der Waals surface area contributed by atoms with Crippen LogP contribution >= 0.6 is 0 Å². The molecule has 20 heavy (non-hydrogen) atoms. The summed E-state index contributed by atoms with van der Waals surface area (Å²) in [6, 6.07) is 1.17. The Balaban J connectivity index is 1.63. The van der Waals surface area contributed by atoms with Crippen LogP contribution in [0.1, 0.15) is 39.0 Å². The van der Waals surface area contributed by atoms with Crippen LogP contribution in [0.25, 0.3) is 0 Å². The van der Waals surface area contributed by atoms with Crippen molar-refractivity contribution < 1.29 is 14.3 Å². The lowest BCUT2D eigenvalue weighted by Gasteiger charge is -2.36. The van der Waals surface area contributed by atoms with Crippen LogP contribution in [0.5, 0.6) is 0 Å². The van der Waals surface area contributed by atoms with Gasteiger partial charge in [0.1, 0.15) is 6.61 Å². The summed E-state index contributed by atoms with van der Waals surface area (Å²) in [7, 11) is 0. The molecule has 0 aliphatic carbocycles. The molecule has 0 aromatic carbocycles. The van der Waals surface area contributed by atoms with Crippen LogP contribution in [0, 0.1) is 5.41 Å². The summed E-state index contributed by atoms with van der Waals surface area (Å²) in [5.74, 6) is -0.112. The van der Waals surface area contributed by atoms with E-state index in [9.17, 15) is 9.59 Å². The van der Waals surface area contributed by atoms with Crippen LogP contribution in [-0.2, 0) is 14.3 Å². The highest BCUT2D eigenvalue weighted by Gasteiger charge is 2.56. The fourth-order valence-corrected chi connectivity index (χ4v) is 4.71. The first kappa shape index (κ1) is 12.4. The first-order chi connectivity index (χ1) is 9.57. The summed E-state index contributed by atoms with van der Waals surface area (Å²) in [5.41, 5.74) is 0.540. The van der Waals surface area contributed by atoms with Gasteiger partial charge in [-0.05, 0) is 39.0 Å². The van der Waals surface area contributed by atoms with Gasteiger partial charge in [-0.2, -0.15) is 0 Å². The molecule has 4 aliphatic rings. The number of piperidine rings is 1. The number of hydrogen-bond donors (Lipinski definition) is 1. The molecule has 1 spiro atoms. The topological polar surface area (TPSA) is 58.6 Å². The Labute approximate surface area is 118 Å². The number of nitrogens with zero attached hydrogens (tertiary/aromatic N) is 1. The van der Waals surface area contributed by atoms with Crippen LogP contribution < -0.4 is 5.32 Å². The highest BCUT2D eigenvalue weighted by atomic mass is 16.5. The quantitative estimate of drug-likeness (QED) is 0.724. The van der Waals surface area contributed by atoms with E-state index in [1.165, 1.54) is 18.9 Å². The van der Waals surface area contributed by atoms with Gasteiger partial charge in [0.2, 0.25) is 5.91 Å². The molecular weight excluding hydrogens is 256 g/mol. The van der Waals surface area contributed by atoms with Crippen LogP contribution in [-0.4, -0.2) is 41.5 Å². The minimum absolute atomic E-state index is 0.167. The molecule has 0 saturated carbocycles. The van der Waals surface area contributed by atoms with Crippen LogP contribution in [0.2, 0.25) is 0 Å². The normalized spacial score (nSPS) is 43.4. The Morgan fingerprint density at radius 1 is 1.25 bits per heavy atom. The lowest BCUT2D eigenvalue weighted by molar-refractivity contribution is -0.138. The van der Waals surface area contributed by atoms with E-state index in [0.717, 1.165) is 25.0 Å². The van der Waals surface area contributed by atoms with Crippen molar-refractivity contribution in [2.75, 3.05) is 6.61 Å². The molecule has 0 aromatic rings. The summed E-state index contributed by atoms with van der Waals surface area (Å²) < 4.78 is 4.97. The third kappa shape index (κ3) is 1.65. The first-order valence-electron chi connectivity index (χ1n) is 7.54. The van der Waals surface area contributed by atoms with Crippen molar-refractivity contribution >= 4 is 11.9 Å². The Kier molecular flexibility index (Phi) is 2.52. The monoisotopic (exact) mass is 276 g/mol. The van der Waals surface area contributed by atoms with Gasteiger partial charge in [0.05, 0.1) is 11.1 Å². The van der Waals surface area contributed by atoms with E-state index in [2.05, 4.69) is 12.2 Å². The standard InChI is InChI=1S/C15H20N2O3/c1-9-5-15(6-10-2-3-11(7-15)16-10)14(19)17(9)12-4-13(18)20-8-12/h4,9-11,16H,2-3,5-8H2,1H3/t9-,10-,11+,15?/m0/s1. The van der Waals surface area contributed by atoms with Crippen molar-refractivity contribution in [1.29, 1.82) is 0 Å². The zero-order chi connectivity index (χ0) is 13.9. The summed E-state index contributed by atoms with van der Waals surface area (Å²) in [5, 5.41) is 3.60. The maximum atomic E-state index is 13.0. The number of ether oxygens (including phenoxy) is 1. The SMILES string of the molecule is C[C@H]1CC2(C[C@H]3CC[C@@H](C2)N3)C(=O)N1C1=CC(=O)OC1. The predicted octanol–water partition coefficient (Wildman–Crippen LogP) is 0.949. The molecule has 3 fully saturated rings. The van der Waals surface area contributed by atoms with E-state index >= 15 is 0 Å². The molecule has 3 saturated heterocycles. The average molecular weight is 276 g/mol. The summed E-state index contributed by atoms with van der Waals surface area (Å²) in [6.45, 7) is 2.33. The number of fused-ring (bicyclic) bond motifs is 2. The van der Waals surface area contributed by atoms with Crippen LogP contribution in [0.3, 0.4) is 0 Å². The molecule has 1 N–H and O–H groups in total. The molecular formula is C15H20N2O3. The maximum absolute atomic E-state index is 13.0. The van der Waals surface area contributed by atoms with Gasteiger partial charge in [-0.3, -0.25) is 4.79 Å².